The topological polar surface area (TPSA) is 109 Å². The first-order valence-corrected chi connectivity index (χ1v) is 8.34. The number of fused-ring (bicyclic) bond motifs is 1. The molecular weight excluding hydrogens is 349 g/mol. The Balaban J connectivity index is 1.67. The molecular formula is C17H18FN9. The number of nitrogens with one attached hydrogen (secondary N) is 3. The summed E-state index contributed by atoms with van der Waals surface area (Å²) in [5.74, 6) is 1.66. The predicted octanol–water partition coefficient (Wildman–Crippen LogP) is 2.85. The van der Waals surface area contributed by atoms with Gasteiger partial charge in [-0.05, 0) is 19.9 Å². The molecule has 0 aliphatic carbocycles. The van der Waals surface area contributed by atoms with Crippen LogP contribution in [0.25, 0.3) is 11.0 Å². The SMILES string of the molecule is Cc1cc2c(Nc3cn(C)cn3)nc(NC(C)c3ncc(F)cn3)nc2[nH]1. The predicted molar refractivity (Wildman–Crippen MR) is 99.1 cm³/mol. The average Bonchev–Trinajstić information content (AvgIpc) is 3.20. The fourth-order valence-electron chi connectivity index (χ4n) is 2.70. The van der Waals surface area contributed by atoms with E-state index >= 15 is 0 Å². The number of imidazole rings is 1. The maximum Gasteiger partial charge on any atom is 0.227 e. The first-order valence-electron chi connectivity index (χ1n) is 8.34. The molecule has 9 nitrogen and oxygen atoms in total. The zero-order valence-corrected chi connectivity index (χ0v) is 15.0. The van der Waals surface area contributed by atoms with Gasteiger partial charge in [0, 0.05) is 18.9 Å². The third-order valence-corrected chi connectivity index (χ3v) is 3.95. The lowest BCUT2D eigenvalue weighted by Crippen LogP contribution is -2.13. The van der Waals surface area contributed by atoms with E-state index in [1.807, 2.05) is 37.7 Å². The number of aryl methyl sites for hydroxylation is 2. The summed E-state index contributed by atoms with van der Waals surface area (Å²) in [6, 6.07) is 1.67. The van der Waals surface area contributed by atoms with Gasteiger partial charge in [-0.2, -0.15) is 9.97 Å². The summed E-state index contributed by atoms with van der Waals surface area (Å²) in [5.41, 5.74) is 1.66. The molecule has 4 aromatic rings. The Labute approximate surface area is 154 Å². The molecule has 27 heavy (non-hydrogen) atoms. The standard InChI is InChI=1S/C17H18FN9/c1-9-4-12-15(22-9)25-17(23-10(2)14-19-5-11(18)6-20-14)26-16(12)24-13-7-27(3)8-21-13/h4-8,10H,1-3H3,(H3,22,23,24,25,26). The van der Waals surface area contributed by atoms with E-state index in [4.69, 9.17) is 0 Å². The molecule has 0 aromatic carbocycles. The molecule has 0 radical (unpaired) electrons. The summed E-state index contributed by atoms with van der Waals surface area (Å²) in [4.78, 5) is 24.6. The van der Waals surface area contributed by atoms with E-state index in [0.717, 1.165) is 23.5 Å². The molecule has 4 aromatic heterocycles. The van der Waals surface area contributed by atoms with Gasteiger partial charge in [-0.3, -0.25) is 0 Å². The number of H-pyrrole nitrogens is 1. The Morgan fingerprint density at radius 3 is 2.67 bits per heavy atom. The summed E-state index contributed by atoms with van der Waals surface area (Å²) < 4.78 is 14.9. The van der Waals surface area contributed by atoms with Crippen molar-refractivity contribution in [3.8, 4) is 0 Å². The second-order valence-corrected chi connectivity index (χ2v) is 6.29. The molecule has 0 saturated carbocycles. The van der Waals surface area contributed by atoms with Crippen LogP contribution in [-0.2, 0) is 7.05 Å². The van der Waals surface area contributed by atoms with E-state index in [0.29, 0.717) is 29.1 Å². The summed E-state index contributed by atoms with van der Waals surface area (Å²) in [5, 5.41) is 7.23. The van der Waals surface area contributed by atoms with Crippen LogP contribution in [-0.4, -0.2) is 34.5 Å². The lowest BCUT2D eigenvalue weighted by atomic mass is 10.3. The molecule has 1 unspecified atom stereocenters. The zero-order valence-electron chi connectivity index (χ0n) is 15.0. The van der Waals surface area contributed by atoms with Gasteiger partial charge in [0.25, 0.3) is 0 Å². The van der Waals surface area contributed by atoms with Crippen molar-refractivity contribution < 1.29 is 4.39 Å². The van der Waals surface area contributed by atoms with Crippen LogP contribution in [0.1, 0.15) is 24.5 Å². The molecule has 3 N–H and O–H groups in total. The molecule has 0 aliphatic heterocycles. The van der Waals surface area contributed by atoms with Crippen LogP contribution < -0.4 is 10.6 Å². The molecule has 0 saturated heterocycles. The molecule has 1 atom stereocenters. The number of hydrogen-bond acceptors (Lipinski definition) is 7. The molecule has 4 rings (SSSR count). The van der Waals surface area contributed by atoms with Gasteiger partial charge < -0.3 is 20.2 Å². The highest BCUT2D eigenvalue weighted by Gasteiger charge is 2.15. The second kappa shape index (κ2) is 6.63. The molecule has 0 amide bonds. The minimum Gasteiger partial charge on any atom is -0.344 e. The van der Waals surface area contributed by atoms with Crippen molar-refractivity contribution in [2.75, 3.05) is 10.6 Å². The van der Waals surface area contributed by atoms with Gasteiger partial charge in [0.1, 0.15) is 23.1 Å². The van der Waals surface area contributed by atoms with Crippen LogP contribution in [0.2, 0.25) is 0 Å². The van der Waals surface area contributed by atoms with Gasteiger partial charge in [-0.1, -0.05) is 0 Å². The Kier molecular flexibility index (Phi) is 4.15. The van der Waals surface area contributed by atoms with E-state index in [1.54, 1.807) is 6.33 Å². The first kappa shape index (κ1) is 16.9. The van der Waals surface area contributed by atoms with Crippen LogP contribution in [0.4, 0.5) is 22.0 Å². The Bertz CT molecular complexity index is 1080. The number of anilines is 3. The van der Waals surface area contributed by atoms with Crippen molar-refractivity contribution in [2.45, 2.75) is 19.9 Å². The minimum atomic E-state index is -0.479. The largest absolute Gasteiger partial charge is 0.344 e. The van der Waals surface area contributed by atoms with Crippen LogP contribution in [0, 0.1) is 12.7 Å². The van der Waals surface area contributed by atoms with Crippen molar-refractivity contribution in [2.24, 2.45) is 7.05 Å². The molecule has 0 bridgehead atoms. The van der Waals surface area contributed by atoms with Gasteiger partial charge in [0.05, 0.1) is 30.1 Å². The van der Waals surface area contributed by atoms with Gasteiger partial charge in [-0.25, -0.2) is 19.3 Å². The quantitative estimate of drug-likeness (QED) is 0.497. The summed E-state index contributed by atoms with van der Waals surface area (Å²) in [6.45, 7) is 3.81. The summed E-state index contributed by atoms with van der Waals surface area (Å²) >= 11 is 0. The number of nitrogens with zero attached hydrogens (tertiary/aromatic N) is 6. The van der Waals surface area contributed by atoms with E-state index < -0.39 is 5.82 Å². The fourth-order valence-corrected chi connectivity index (χ4v) is 2.70. The van der Waals surface area contributed by atoms with Crippen molar-refractivity contribution in [3.63, 3.8) is 0 Å². The highest BCUT2D eigenvalue weighted by atomic mass is 19.1. The highest BCUT2D eigenvalue weighted by Crippen LogP contribution is 2.26. The van der Waals surface area contributed by atoms with E-state index in [-0.39, 0.29) is 6.04 Å². The normalized spacial score (nSPS) is 12.3. The summed E-state index contributed by atoms with van der Waals surface area (Å²) in [7, 11) is 1.89. The first-order chi connectivity index (χ1) is 13.0. The monoisotopic (exact) mass is 367 g/mol. The average molecular weight is 367 g/mol. The Morgan fingerprint density at radius 2 is 1.96 bits per heavy atom. The molecule has 138 valence electrons. The number of aromatic amines is 1. The summed E-state index contributed by atoms with van der Waals surface area (Å²) in [6.07, 6.45) is 5.83. The molecule has 4 heterocycles. The van der Waals surface area contributed by atoms with Gasteiger partial charge >= 0.3 is 0 Å². The van der Waals surface area contributed by atoms with Crippen molar-refractivity contribution >= 4 is 28.6 Å². The number of rotatable bonds is 5. The van der Waals surface area contributed by atoms with Gasteiger partial charge in [0.2, 0.25) is 5.95 Å². The smallest absolute Gasteiger partial charge is 0.227 e. The maximum atomic E-state index is 13.0. The number of hydrogen-bond donors (Lipinski definition) is 3. The number of halogens is 1. The van der Waals surface area contributed by atoms with Crippen molar-refractivity contribution in [1.29, 1.82) is 0 Å². The van der Waals surface area contributed by atoms with E-state index in [1.165, 1.54) is 0 Å². The fraction of sp³-hybridized carbons (Fsp3) is 0.235. The molecule has 0 fully saturated rings. The van der Waals surface area contributed by atoms with Crippen LogP contribution in [0.15, 0.2) is 31.0 Å². The highest BCUT2D eigenvalue weighted by molar-refractivity contribution is 5.90. The van der Waals surface area contributed by atoms with Crippen LogP contribution >= 0.6 is 0 Å². The van der Waals surface area contributed by atoms with Crippen LogP contribution in [0.5, 0.6) is 0 Å². The second-order valence-electron chi connectivity index (χ2n) is 6.29. The van der Waals surface area contributed by atoms with Crippen LogP contribution in [0.3, 0.4) is 0 Å². The molecule has 0 spiro atoms. The Hall–Kier alpha value is -3.56. The van der Waals surface area contributed by atoms with E-state index in [9.17, 15) is 4.39 Å². The van der Waals surface area contributed by atoms with Gasteiger partial charge in [0.15, 0.2) is 5.82 Å². The lowest BCUT2D eigenvalue weighted by molar-refractivity contribution is 0.604. The van der Waals surface area contributed by atoms with E-state index in [2.05, 4.69) is 40.5 Å². The number of aromatic nitrogens is 7. The Morgan fingerprint density at radius 1 is 1.19 bits per heavy atom. The molecule has 10 heteroatoms. The maximum absolute atomic E-state index is 13.0. The van der Waals surface area contributed by atoms with Gasteiger partial charge in [-0.15, -0.1) is 0 Å². The third kappa shape index (κ3) is 3.54. The minimum absolute atomic E-state index is 0.304. The lowest BCUT2D eigenvalue weighted by Gasteiger charge is -2.13. The molecule has 0 aliphatic rings. The third-order valence-electron chi connectivity index (χ3n) is 3.95. The van der Waals surface area contributed by atoms with Crippen molar-refractivity contribution in [3.05, 3.63) is 48.3 Å². The van der Waals surface area contributed by atoms with Crippen molar-refractivity contribution in [1.82, 2.24) is 34.5 Å². The zero-order chi connectivity index (χ0) is 19.0.